The summed E-state index contributed by atoms with van der Waals surface area (Å²) in [6.07, 6.45) is 0.107. The van der Waals surface area contributed by atoms with Crippen LogP contribution in [-0.2, 0) is 16.6 Å². The maximum atomic E-state index is 12.2. The lowest BCUT2D eigenvalue weighted by molar-refractivity contribution is 0.167. The van der Waals surface area contributed by atoms with E-state index in [4.69, 9.17) is 0 Å². The lowest BCUT2D eigenvalue weighted by atomic mass is 10.2. The number of nitrogens with zero attached hydrogens (tertiary/aromatic N) is 1. The van der Waals surface area contributed by atoms with E-state index in [1.54, 1.807) is 14.0 Å². The fourth-order valence-corrected chi connectivity index (χ4v) is 2.72. The molecule has 0 saturated heterocycles. The van der Waals surface area contributed by atoms with E-state index in [9.17, 15) is 14.1 Å². The zero-order chi connectivity index (χ0) is 17.6. The summed E-state index contributed by atoms with van der Waals surface area (Å²) < 4.78 is 12.0. The lowest BCUT2D eigenvalue weighted by Crippen LogP contribution is -2.33. The van der Waals surface area contributed by atoms with Crippen LogP contribution < -0.4 is 5.32 Å². The normalized spacial score (nSPS) is 14.2. The lowest BCUT2D eigenvalue weighted by Gasteiger charge is -2.20. The highest BCUT2D eigenvalue weighted by Crippen LogP contribution is 2.19. The predicted molar refractivity (Wildman–Crippen MR) is 96.0 cm³/mol. The molecule has 2 amide bonds. The SMILES string of the molecule is CC(O)CCN(C)C(=O)Nc1cccc(CS(=O)C(C)(C)C)c1. The van der Waals surface area contributed by atoms with E-state index < -0.39 is 16.9 Å². The first kappa shape index (κ1) is 19.6. The molecule has 2 unspecified atom stereocenters. The van der Waals surface area contributed by atoms with Gasteiger partial charge in [0.2, 0.25) is 0 Å². The molecule has 1 aromatic carbocycles. The number of hydrogen-bond donors (Lipinski definition) is 2. The molecule has 0 aliphatic rings. The van der Waals surface area contributed by atoms with E-state index in [1.165, 1.54) is 4.90 Å². The number of amides is 2. The third-order valence-electron chi connectivity index (χ3n) is 3.39. The van der Waals surface area contributed by atoms with E-state index in [1.807, 2.05) is 45.0 Å². The Morgan fingerprint density at radius 3 is 2.61 bits per heavy atom. The maximum Gasteiger partial charge on any atom is 0.321 e. The number of anilines is 1. The quantitative estimate of drug-likeness (QED) is 0.836. The molecule has 0 saturated carbocycles. The first-order valence-electron chi connectivity index (χ1n) is 7.77. The zero-order valence-corrected chi connectivity index (χ0v) is 15.4. The summed E-state index contributed by atoms with van der Waals surface area (Å²) in [5, 5.41) is 12.1. The van der Waals surface area contributed by atoms with Crippen molar-refractivity contribution in [3.05, 3.63) is 29.8 Å². The van der Waals surface area contributed by atoms with E-state index in [0.29, 0.717) is 24.4 Å². The Morgan fingerprint density at radius 1 is 1.39 bits per heavy atom. The molecule has 0 aliphatic carbocycles. The van der Waals surface area contributed by atoms with Crippen molar-refractivity contribution < 1.29 is 14.1 Å². The van der Waals surface area contributed by atoms with Gasteiger partial charge in [-0.1, -0.05) is 12.1 Å². The molecular weight excluding hydrogens is 312 g/mol. The van der Waals surface area contributed by atoms with Crippen molar-refractivity contribution in [2.75, 3.05) is 18.9 Å². The fraction of sp³-hybridized carbons (Fsp3) is 0.588. The Kier molecular flexibility index (Phi) is 7.22. The Bertz CT molecular complexity index is 553. The molecule has 0 heterocycles. The number of aliphatic hydroxyl groups is 1. The van der Waals surface area contributed by atoms with Gasteiger partial charge in [-0.25, -0.2) is 4.79 Å². The maximum absolute atomic E-state index is 12.2. The van der Waals surface area contributed by atoms with Crippen LogP contribution in [0.25, 0.3) is 0 Å². The summed E-state index contributed by atoms with van der Waals surface area (Å²) in [6.45, 7) is 8.03. The molecule has 0 aromatic heterocycles. The molecule has 0 bridgehead atoms. The largest absolute Gasteiger partial charge is 0.393 e. The molecule has 2 atom stereocenters. The monoisotopic (exact) mass is 340 g/mol. The highest BCUT2D eigenvalue weighted by molar-refractivity contribution is 7.85. The number of hydrogen-bond acceptors (Lipinski definition) is 3. The Balaban J connectivity index is 2.66. The van der Waals surface area contributed by atoms with Gasteiger partial charge in [-0.05, 0) is 51.8 Å². The number of urea groups is 1. The van der Waals surface area contributed by atoms with Crippen LogP contribution in [0.3, 0.4) is 0 Å². The number of carbonyl (C=O) groups is 1. The molecule has 130 valence electrons. The van der Waals surface area contributed by atoms with Crippen LogP contribution >= 0.6 is 0 Å². The summed E-state index contributed by atoms with van der Waals surface area (Å²) in [7, 11) is 0.713. The van der Waals surface area contributed by atoms with Crippen LogP contribution in [0.1, 0.15) is 39.7 Å². The summed E-state index contributed by atoms with van der Waals surface area (Å²) in [6, 6.07) is 7.20. The van der Waals surface area contributed by atoms with Crippen LogP contribution in [0.2, 0.25) is 0 Å². The van der Waals surface area contributed by atoms with Crippen LogP contribution in [0, 0.1) is 0 Å². The highest BCUT2D eigenvalue weighted by atomic mass is 32.2. The van der Waals surface area contributed by atoms with Crippen LogP contribution in [0.15, 0.2) is 24.3 Å². The van der Waals surface area contributed by atoms with Crippen molar-refractivity contribution in [3.8, 4) is 0 Å². The van der Waals surface area contributed by atoms with Crippen molar-refractivity contribution in [1.82, 2.24) is 4.90 Å². The van der Waals surface area contributed by atoms with Gasteiger partial charge in [-0.15, -0.1) is 0 Å². The topological polar surface area (TPSA) is 69.6 Å². The van der Waals surface area contributed by atoms with Crippen LogP contribution in [0.4, 0.5) is 10.5 Å². The van der Waals surface area contributed by atoms with Gasteiger partial charge in [-0.2, -0.15) is 0 Å². The predicted octanol–water partition coefficient (Wildman–Crippen LogP) is 2.97. The summed E-state index contributed by atoms with van der Waals surface area (Å²) in [5.74, 6) is 0.463. The molecule has 5 nitrogen and oxygen atoms in total. The van der Waals surface area contributed by atoms with Crippen LogP contribution in [0.5, 0.6) is 0 Å². The molecule has 1 rings (SSSR count). The van der Waals surface area contributed by atoms with Crippen molar-refractivity contribution >= 4 is 22.5 Å². The molecule has 23 heavy (non-hydrogen) atoms. The first-order valence-corrected chi connectivity index (χ1v) is 9.09. The highest BCUT2D eigenvalue weighted by Gasteiger charge is 2.19. The number of aliphatic hydroxyl groups excluding tert-OH is 1. The standard InChI is InChI=1S/C17H28N2O3S/c1-13(20)9-10-19(5)16(21)18-15-8-6-7-14(11-15)12-23(22)17(2,3)4/h6-8,11,13,20H,9-10,12H2,1-5H3,(H,18,21). The number of nitrogens with one attached hydrogen (secondary N) is 1. The van der Waals surface area contributed by atoms with Gasteiger partial charge in [0.25, 0.3) is 0 Å². The molecule has 0 spiro atoms. The van der Waals surface area contributed by atoms with E-state index in [2.05, 4.69) is 5.32 Å². The zero-order valence-electron chi connectivity index (χ0n) is 14.6. The van der Waals surface area contributed by atoms with Crippen molar-refractivity contribution in [2.24, 2.45) is 0 Å². The number of carbonyl (C=O) groups excluding carboxylic acids is 1. The van der Waals surface area contributed by atoms with Gasteiger partial charge in [0.05, 0.1) is 6.10 Å². The molecule has 1 aromatic rings. The van der Waals surface area contributed by atoms with E-state index in [0.717, 1.165) is 5.56 Å². The minimum atomic E-state index is -0.977. The van der Waals surface area contributed by atoms with Crippen molar-refractivity contribution in [2.45, 2.75) is 50.7 Å². The Labute approximate surface area is 141 Å². The van der Waals surface area contributed by atoms with Gasteiger partial charge in [0.1, 0.15) is 0 Å². The smallest absolute Gasteiger partial charge is 0.321 e. The summed E-state index contributed by atoms with van der Waals surface area (Å²) >= 11 is 0. The minimum absolute atomic E-state index is 0.222. The minimum Gasteiger partial charge on any atom is -0.393 e. The van der Waals surface area contributed by atoms with E-state index in [-0.39, 0.29) is 10.8 Å². The Hall–Kier alpha value is -1.40. The number of benzene rings is 1. The molecule has 0 fully saturated rings. The summed E-state index contributed by atoms with van der Waals surface area (Å²) in [5.41, 5.74) is 1.62. The van der Waals surface area contributed by atoms with Gasteiger partial charge in [0, 0.05) is 40.6 Å². The van der Waals surface area contributed by atoms with Crippen molar-refractivity contribution in [3.63, 3.8) is 0 Å². The molecule has 0 aliphatic heterocycles. The molecule has 2 N–H and O–H groups in total. The van der Waals surface area contributed by atoms with Gasteiger partial charge >= 0.3 is 6.03 Å². The first-order chi connectivity index (χ1) is 10.6. The second-order valence-electron chi connectivity index (χ2n) is 6.79. The second kappa shape index (κ2) is 8.45. The van der Waals surface area contributed by atoms with Gasteiger partial charge in [0.15, 0.2) is 0 Å². The average molecular weight is 340 g/mol. The van der Waals surface area contributed by atoms with Gasteiger partial charge in [-0.3, -0.25) is 4.21 Å². The Morgan fingerprint density at radius 2 is 2.04 bits per heavy atom. The fourth-order valence-electron chi connectivity index (χ4n) is 1.81. The summed E-state index contributed by atoms with van der Waals surface area (Å²) in [4.78, 5) is 13.6. The second-order valence-corrected chi connectivity index (χ2v) is 9.00. The third kappa shape index (κ3) is 7.14. The van der Waals surface area contributed by atoms with E-state index >= 15 is 0 Å². The number of rotatable bonds is 6. The van der Waals surface area contributed by atoms with Crippen LogP contribution in [-0.4, -0.2) is 44.7 Å². The average Bonchev–Trinajstić information content (AvgIpc) is 2.43. The molecular formula is C17H28N2O3S. The molecule has 0 radical (unpaired) electrons. The van der Waals surface area contributed by atoms with Crippen molar-refractivity contribution in [1.29, 1.82) is 0 Å². The molecule has 6 heteroatoms. The van der Waals surface area contributed by atoms with Gasteiger partial charge < -0.3 is 15.3 Å². The third-order valence-corrected chi connectivity index (χ3v) is 5.35.